The van der Waals surface area contributed by atoms with Gasteiger partial charge in [-0.3, -0.25) is 9.59 Å². The molecule has 1 atom stereocenters. The highest BCUT2D eigenvalue weighted by Gasteiger charge is 2.29. The molecule has 1 amide bonds. The Morgan fingerprint density at radius 1 is 1.20 bits per heavy atom. The summed E-state index contributed by atoms with van der Waals surface area (Å²) in [6.07, 6.45) is 3.82. The molecule has 5 aromatic rings. The van der Waals surface area contributed by atoms with Crippen LogP contribution in [-0.2, 0) is 9.59 Å². The number of nitrogens with zero attached hydrogens (tertiary/aromatic N) is 6. The predicted molar refractivity (Wildman–Crippen MR) is 166 cm³/mol. The van der Waals surface area contributed by atoms with Gasteiger partial charge < -0.3 is 24.7 Å². The quantitative estimate of drug-likeness (QED) is 0.258. The number of benzene rings is 2. The fourth-order valence-corrected chi connectivity index (χ4v) is 5.74. The molecule has 2 N–H and O–H groups in total. The van der Waals surface area contributed by atoms with Crippen LogP contribution in [-0.4, -0.2) is 75.7 Å². The highest BCUT2D eigenvalue weighted by molar-refractivity contribution is 5.99. The van der Waals surface area contributed by atoms with Gasteiger partial charge in [0.2, 0.25) is 5.91 Å². The van der Waals surface area contributed by atoms with E-state index in [1.54, 1.807) is 21.7 Å². The van der Waals surface area contributed by atoms with Crippen molar-refractivity contribution < 1.29 is 23.1 Å². The molecule has 0 saturated carbocycles. The van der Waals surface area contributed by atoms with Crippen LogP contribution in [0.4, 0.5) is 10.2 Å². The molecule has 13 heteroatoms. The van der Waals surface area contributed by atoms with Crippen molar-refractivity contribution in [2.45, 2.75) is 19.4 Å². The standard InChI is InChI=1S/C32H30FN7O5/c1-18(40-31-27(30(34)35-16-36-31)28(37-40)20-12-21(33)14-22(13-20)44-17-41)29-26(23-6-4-5-7-24(23)32(43)45-29)19-8-10-39(11-9-19)25(42)15-38(2)3/h4-8,12-14,16-18H,9-11,15H2,1-3H3,(H2,34,35,36). The number of carbonyl (C=O) groups excluding carboxylic acids is 2. The first kappa shape index (κ1) is 29.6. The number of amides is 1. The normalized spacial score (nSPS) is 14.2. The van der Waals surface area contributed by atoms with Gasteiger partial charge in [0.15, 0.2) is 5.65 Å². The minimum atomic E-state index is -0.698. The van der Waals surface area contributed by atoms with E-state index in [0.717, 1.165) is 17.2 Å². The summed E-state index contributed by atoms with van der Waals surface area (Å²) in [7, 11) is 3.70. The number of halogens is 1. The zero-order chi connectivity index (χ0) is 31.8. The molecule has 1 unspecified atom stereocenters. The Labute approximate surface area is 256 Å². The fourth-order valence-electron chi connectivity index (χ4n) is 5.74. The summed E-state index contributed by atoms with van der Waals surface area (Å²) >= 11 is 0. The maximum atomic E-state index is 14.6. The van der Waals surface area contributed by atoms with Gasteiger partial charge in [-0.2, -0.15) is 5.10 Å². The minimum Gasteiger partial charge on any atom is -0.429 e. The molecule has 0 spiro atoms. The van der Waals surface area contributed by atoms with Crippen molar-refractivity contribution in [1.29, 1.82) is 0 Å². The molecular formula is C32H30FN7O5. The van der Waals surface area contributed by atoms with Crippen molar-refractivity contribution in [3.63, 3.8) is 0 Å². The lowest BCUT2D eigenvalue weighted by Crippen LogP contribution is -2.40. The molecule has 6 rings (SSSR count). The van der Waals surface area contributed by atoms with E-state index >= 15 is 0 Å². The minimum absolute atomic E-state index is 0.0173. The van der Waals surface area contributed by atoms with Crippen LogP contribution in [0.3, 0.4) is 0 Å². The Hall–Kier alpha value is -5.43. The second-order valence-corrected chi connectivity index (χ2v) is 11.0. The van der Waals surface area contributed by atoms with E-state index in [1.165, 1.54) is 18.5 Å². The smallest absolute Gasteiger partial charge is 0.343 e. The average Bonchev–Trinajstić information content (AvgIpc) is 3.41. The van der Waals surface area contributed by atoms with E-state index in [0.29, 0.717) is 53.6 Å². The molecular weight excluding hydrogens is 581 g/mol. The fraction of sp³-hybridized carbons (Fsp3) is 0.250. The molecule has 2 aromatic carbocycles. The molecule has 230 valence electrons. The van der Waals surface area contributed by atoms with Gasteiger partial charge in [-0.25, -0.2) is 23.8 Å². The van der Waals surface area contributed by atoms with Crippen molar-refractivity contribution in [2.24, 2.45) is 0 Å². The van der Waals surface area contributed by atoms with Crippen LogP contribution in [0.2, 0.25) is 0 Å². The second kappa shape index (κ2) is 11.9. The Kier molecular flexibility index (Phi) is 7.85. The molecule has 3 aromatic heterocycles. The molecule has 0 saturated heterocycles. The van der Waals surface area contributed by atoms with E-state index in [1.807, 2.05) is 44.1 Å². The van der Waals surface area contributed by atoms with Gasteiger partial charge in [-0.05, 0) is 56.6 Å². The monoisotopic (exact) mass is 611 g/mol. The molecule has 1 aliphatic rings. The maximum absolute atomic E-state index is 14.6. The number of likely N-dealkylation sites (N-methyl/N-ethyl adjacent to an activating group) is 1. The number of carbonyl (C=O) groups is 2. The van der Waals surface area contributed by atoms with E-state index < -0.39 is 17.5 Å². The third-order valence-electron chi connectivity index (χ3n) is 7.79. The highest BCUT2D eigenvalue weighted by Crippen LogP contribution is 2.38. The van der Waals surface area contributed by atoms with Crippen LogP contribution in [0.15, 0.2) is 64.1 Å². The van der Waals surface area contributed by atoms with Gasteiger partial charge in [-0.1, -0.05) is 24.3 Å². The van der Waals surface area contributed by atoms with Gasteiger partial charge >= 0.3 is 5.63 Å². The number of aromatic nitrogens is 4. The van der Waals surface area contributed by atoms with Crippen molar-refractivity contribution in [1.82, 2.24) is 29.5 Å². The lowest BCUT2D eigenvalue weighted by atomic mass is 9.92. The van der Waals surface area contributed by atoms with Gasteiger partial charge in [0, 0.05) is 30.3 Å². The van der Waals surface area contributed by atoms with E-state index in [9.17, 15) is 18.8 Å². The summed E-state index contributed by atoms with van der Waals surface area (Å²) in [4.78, 5) is 49.2. The number of anilines is 1. The second-order valence-electron chi connectivity index (χ2n) is 11.0. The first-order chi connectivity index (χ1) is 21.7. The number of hydrogen-bond donors (Lipinski definition) is 1. The number of nitrogen functional groups attached to an aromatic ring is 1. The Bertz CT molecular complexity index is 2050. The van der Waals surface area contributed by atoms with Crippen molar-refractivity contribution in [2.75, 3.05) is 39.5 Å². The van der Waals surface area contributed by atoms with Gasteiger partial charge in [0.25, 0.3) is 6.47 Å². The SMILES string of the molecule is CC(c1oc(=O)c2ccccc2c1C1=CCN(C(=O)CN(C)C)CC1)n1nc(-c2cc(F)cc(OC=O)c2)c2c(N)ncnc21. The van der Waals surface area contributed by atoms with Crippen molar-refractivity contribution in [3.8, 4) is 17.0 Å². The molecule has 1 aliphatic heterocycles. The first-order valence-electron chi connectivity index (χ1n) is 14.2. The molecule has 0 bridgehead atoms. The van der Waals surface area contributed by atoms with Gasteiger partial charge in [0.05, 0.1) is 17.3 Å². The lowest BCUT2D eigenvalue weighted by Gasteiger charge is -2.29. The highest BCUT2D eigenvalue weighted by atomic mass is 19.1. The largest absolute Gasteiger partial charge is 0.429 e. The lowest BCUT2D eigenvalue weighted by molar-refractivity contribution is -0.131. The summed E-state index contributed by atoms with van der Waals surface area (Å²) in [5, 5.41) is 6.27. The van der Waals surface area contributed by atoms with Crippen LogP contribution in [0.1, 0.15) is 30.7 Å². The maximum Gasteiger partial charge on any atom is 0.343 e. The molecule has 12 nitrogen and oxygen atoms in total. The van der Waals surface area contributed by atoms with Crippen LogP contribution in [0.5, 0.6) is 5.75 Å². The molecule has 4 heterocycles. The molecule has 45 heavy (non-hydrogen) atoms. The van der Waals surface area contributed by atoms with Crippen LogP contribution < -0.4 is 16.1 Å². The zero-order valence-corrected chi connectivity index (χ0v) is 24.9. The van der Waals surface area contributed by atoms with Crippen molar-refractivity contribution >= 4 is 45.6 Å². The van der Waals surface area contributed by atoms with Gasteiger partial charge in [-0.15, -0.1) is 0 Å². The number of nitrogens with two attached hydrogens (primary N) is 1. The van der Waals surface area contributed by atoms with Crippen LogP contribution >= 0.6 is 0 Å². The Morgan fingerprint density at radius 3 is 2.69 bits per heavy atom. The van der Waals surface area contributed by atoms with E-state index in [4.69, 9.17) is 20.0 Å². The Balaban J connectivity index is 1.52. The first-order valence-corrected chi connectivity index (χ1v) is 14.2. The topological polar surface area (TPSA) is 150 Å². The van der Waals surface area contributed by atoms with E-state index in [-0.39, 0.29) is 35.2 Å². The third kappa shape index (κ3) is 5.53. The summed E-state index contributed by atoms with van der Waals surface area (Å²) < 4.78 is 27.1. The average molecular weight is 612 g/mol. The summed E-state index contributed by atoms with van der Waals surface area (Å²) in [6.45, 7) is 3.24. The van der Waals surface area contributed by atoms with Gasteiger partial charge in [0.1, 0.15) is 41.2 Å². The number of ether oxygens (including phenoxy) is 1. The Morgan fingerprint density at radius 2 is 1.98 bits per heavy atom. The predicted octanol–water partition coefficient (Wildman–Crippen LogP) is 3.64. The molecule has 0 fully saturated rings. The summed E-state index contributed by atoms with van der Waals surface area (Å²) in [6, 6.07) is 10.3. The number of hydrogen-bond acceptors (Lipinski definition) is 10. The van der Waals surface area contributed by atoms with E-state index in [2.05, 4.69) is 9.97 Å². The zero-order valence-electron chi connectivity index (χ0n) is 24.9. The van der Waals surface area contributed by atoms with Crippen LogP contribution in [0.25, 0.3) is 38.6 Å². The van der Waals surface area contributed by atoms with Crippen LogP contribution in [0, 0.1) is 5.82 Å². The summed E-state index contributed by atoms with van der Waals surface area (Å²) in [5.41, 5.74) is 8.30. The molecule has 0 radical (unpaired) electrons. The number of fused-ring (bicyclic) bond motifs is 2. The summed E-state index contributed by atoms with van der Waals surface area (Å²) in [5.74, 6) is -0.194. The number of rotatable bonds is 8. The molecule has 0 aliphatic carbocycles. The van der Waals surface area contributed by atoms with Crippen molar-refractivity contribution in [3.05, 3.63) is 82.4 Å². The third-order valence-corrected chi connectivity index (χ3v) is 7.79.